The van der Waals surface area contributed by atoms with Crippen LogP contribution in [0.1, 0.15) is 22.9 Å². The Morgan fingerprint density at radius 2 is 1.81 bits per heavy atom. The SMILES string of the molecule is COc1ccc(/C(O)=C2/C(=O)C(=O)N(Cc3ccco3)C2c2ccc([N+](=O)[O-])cc2)cc1. The average Bonchev–Trinajstić information content (AvgIpc) is 3.41. The number of hydrogen-bond acceptors (Lipinski definition) is 7. The van der Waals surface area contributed by atoms with Crippen LogP contribution in [0.2, 0.25) is 0 Å². The number of furan rings is 1. The molecule has 1 amide bonds. The number of carbonyl (C=O) groups excluding carboxylic acids is 2. The summed E-state index contributed by atoms with van der Waals surface area (Å²) in [5.74, 6) is -1.00. The zero-order valence-corrected chi connectivity index (χ0v) is 16.9. The second-order valence-corrected chi connectivity index (χ2v) is 7.08. The normalized spacial score (nSPS) is 17.5. The number of rotatable bonds is 6. The van der Waals surface area contributed by atoms with Crippen molar-refractivity contribution in [1.29, 1.82) is 0 Å². The molecule has 0 radical (unpaired) electrons. The molecule has 3 aromatic rings. The summed E-state index contributed by atoms with van der Waals surface area (Å²) in [5.41, 5.74) is 0.526. The van der Waals surface area contributed by atoms with Crippen molar-refractivity contribution in [2.45, 2.75) is 12.6 Å². The summed E-state index contributed by atoms with van der Waals surface area (Å²) in [6.07, 6.45) is 1.45. The molecule has 1 aliphatic heterocycles. The van der Waals surface area contributed by atoms with Crippen LogP contribution in [0.5, 0.6) is 5.75 Å². The van der Waals surface area contributed by atoms with Crippen molar-refractivity contribution in [3.8, 4) is 5.75 Å². The maximum absolute atomic E-state index is 13.0. The number of Topliss-reactive ketones (excluding diaryl/α,β-unsaturated/α-hetero) is 1. The van der Waals surface area contributed by atoms with E-state index in [1.54, 1.807) is 36.4 Å². The molecule has 32 heavy (non-hydrogen) atoms. The van der Waals surface area contributed by atoms with E-state index in [-0.39, 0.29) is 23.6 Å². The van der Waals surface area contributed by atoms with Crippen molar-refractivity contribution in [2.75, 3.05) is 7.11 Å². The first-order valence-corrected chi connectivity index (χ1v) is 9.60. The van der Waals surface area contributed by atoms with Gasteiger partial charge in [-0.3, -0.25) is 19.7 Å². The molecule has 9 heteroatoms. The van der Waals surface area contributed by atoms with Gasteiger partial charge in [0.25, 0.3) is 17.4 Å². The summed E-state index contributed by atoms with van der Waals surface area (Å²) in [6.45, 7) is -0.0153. The predicted molar refractivity (Wildman–Crippen MR) is 113 cm³/mol. The number of non-ortho nitro benzene ring substituents is 1. The second-order valence-electron chi connectivity index (χ2n) is 7.08. The molecule has 1 atom stereocenters. The summed E-state index contributed by atoms with van der Waals surface area (Å²) < 4.78 is 10.4. The van der Waals surface area contributed by atoms with E-state index >= 15 is 0 Å². The molecule has 1 fully saturated rings. The number of ether oxygens (including phenoxy) is 1. The van der Waals surface area contributed by atoms with Gasteiger partial charge in [-0.15, -0.1) is 0 Å². The zero-order chi connectivity index (χ0) is 22.8. The Bertz CT molecular complexity index is 1200. The minimum Gasteiger partial charge on any atom is -0.507 e. The minimum atomic E-state index is -0.956. The number of aliphatic hydroxyl groups excluding tert-OH is 1. The van der Waals surface area contributed by atoms with Crippen molar-refractivity contribution in [2.24, 2.45) is 0 Å². The van der Waals surface area contributed by atoms with Crippen LogP contribution in [0.3, 0.4) is 0 Å². The topological polar surface area (TPSA) is 123 Å². The number of likely N-dealkylation sites (tertiary alicyclic amines) is 1. The van der Waals surface area contributed by atoms with Crippen molar-refractivity contribution in [3.63, 3.8) is 0 Å². The Hall–Kier alpha value is -4.40. The number of carbonyl (C=O) groups is 2. The Morgan fingerprint density at radius 1 is 1.12 bits per heavy atom. The Balaban J connectivity index is 1.84. The molecular weight excluding hydrogens is 416 g/mol. The van der Waals surface area contributed by atoms with Crippen LogP contribution >= 0.6 is 0 Å². The molecule has 2 heterocycles. The van der Waals surface area contributed by atoms with Crippen LogP contribution in [0, 0.1) is 10.1 Å². The Kier molecular flexibility index (Phi) is 5.46. The summed E-state index contributed by atoms with van der Waals surface area (Å²) in [6, 6.07) is 14.2. The lowest BCUT2D eigenvalue weighted by Gasteiger charge is -2.24. The molecule has 1 N–H and O–H groups in total. The average molecular weight is 434 g/mol. The summed E-state index contributed by atoms with van der Waals surface area (Å²) in [4.78, 5) is 37.6. The van der Waals surface area contributed by atoms with Crippen molar-refractivity contribution < 1.29 is 28.8 Å². The van der Waals surface area contributed by atoms with E-state index in [9.17, 15) is 24.8 Å². The van der Waals surface area contributed by atoms with E-state index in [1.165, 1.54) is 42.5 Å². The number of nitro benzene ring substituents is 1. The molecule has 1 unspecified atom stereocenters. The highest BCUT2D eigenvalue weighted by molar-refractivity contribution is 6.46. The van der Waals surface area contributed by atoms with Gasteiger partial charge in [0.2, 0.25) is 0 Å². The van der Waals surface area contributed by atoms with Gasteiger partial charge in [-0.2, -0.15) is 0 Å². The molecule has 1 saturated heterocycles. The lowest BCUT2D eigenvalue weighted by Crippen LogP contribution is -2.29. The van der Waals surface area contributed by atoms with Gasteiger partial charge in [0.15, 0.2) is 0 Å². The van der Waals surface area contributed by atoms with Crippen LogP contribution in [0.25, 0.3) is 5.76 Å². The minimum absolute atomic E-state index is 0.0153. The highest BCUT2D eigenvalue weighted by atomic mass is 16.6. The standard InChI is InChI=1S/C23H18N2O7/c1-31-17-10-6-15(7-11-17)21(26)19-20(14-4-8-16(9-5-14)25(29)30)24(23(28)22(19)27)13-18-3-2-12-32-18/h2-12,20,26H,13H2,1H3/b21-19-. The van der Waals surface area contributed by atoms with Gasteiger partial charge in [-0.1, -0.05) is 0 Å². The fraction of sp³-hybridized carbons (Fsp3) is 0.130. The third kappa shape index (κ3) is 3.71. The maximum Gasteiger partial charge on any atom is 0.296 e. The van der Waals surface area contributed by atoms with Gasteiger partial charge >= 0.3 is 0 Å². The molecule has 1 aromatic heterocycles. The van der Waals surface area contributed by atoms with Crippen molar-refractivity contribution in [1.82, 2.24) is 4.90 Å². The van der Waals surface area contributed by atoms with Crippen molar-refractivity contribution >= 4 is 23.1 Å². The van der Waals surface area contributed by atoms with Gasteiger partial charge in [0.05, 0.1) is 36.5 Å². The molecule has 0 spiro atoms. The zero-order valence-electron chi connectivity index (χ0n) is 16.9. The molecule has 0 aliphatic carbocycles. The molecule has 162 valence electrons. The maximum atomic E-state index is 13.0. The summed E-state index contributed by atoms with van der Waals surface area (Å²) >= 11 is 0. The van der Waals surface area contributed by atoms with Crippen LogP contribution in [-0.4, -0.2) is 33.7 Å². The first-order valence-electron chi connectivity index (χ1n) is 9.60. The quantitative estimate of drug-likeness (QED) is 0.206. The van der Waals surface area contributed by atoms with E-state index in [0.717, 1.165) is 0 Å². The number of benzene rings is 2. The molecular formula is C23H18N2O7. The van der Waals surface area contributed by atoms with Gasteiger partial charge in [-0.25, -0.2) is 0 Å². The number of ketones is 1. The molecule has 9 nitrogen and oxygen atoms in total. The lowest BCUT2D eigenvalue weighted by atomic mass is 9.95. The number of nitrogens with zero attached hydrogens (tertiary/aromatic N) is 2. The predicted octanol–water partition coefficient (Wildman–Crippen LogP) is 3.82. The number of nitro groups is 1. The van der Waals surface area contributed by atoms with E-state index in [4.69, 9.17) is 9.15 Å². The number of aliphatic hydroxyl groups is 1. The first-order chi connectivity index (χ1) is 15.4. The Morgan fingerprint density at radius 3 is 2.38 bits per heavy atom. The third-order valence-corrected chi connectivity index (χ3v) is 5.23. The number of hydrogen-bond donors (Lipinski definition) is 1. The van der Waals surface area contributed by atoms with Gasteiger partial charge < -0.3 is 19.2 Å². The van der Waals surface area contributed by atoms with Crippen LogP contribution in [0.15, 0.2) is 76.9 Å². The number of methoxy groups -OCH3 is 1. The summed E-state index contributed by atoms with van der Waals surface area (Å²) in [5, 5.41) is 22.0. The van der Waals surface area contributed by atoms with E-state index in [2.05, 4.69) is 0 Å². The molecule has 1 aliphatic rings. The summed E-state index contributed by atoms with van der Waals surface area (Å²) in [7, 11) is 1.50. The monoisotopic (exact) mass is 434 g/mol. The van der Waals surface area contributed by atoms with Gasteiger partial charge in [-0.05, 0) is 54.1 Å². The molecule has 2 aromatic carbocycles. The Labute approximate surface area is 182 Å². The largest absolute Gasteiger partial charge is 0.507 e. The van der Waals surface area contributed by atoms with E-state index in [1.807, 2.05) is 0 Å². The van der Waals surface area contributed by atoms with Crippen LogP contribution in [-0.2, 0) is 16.1 Å². The highest BCUT2D eigenvalue weighted by Gasteiger charge is 2.46. The molecule has 0 saturated carbocycles. The molecule has 4 rings (SSSR count). The second kappa shape index (κ2) is 8.38. The highest BCUT2D eigenvalue weighted by Crippen LogP contribution is 2.40. The lowest BCUT2D eigenvalue weighted by molar-refractivity contribution is -0.384. The number of amides is 1. The molecule has 0 bridgehead atoms. The van der Waals surface area contributed by atoms with Gasteiger partial charge in [0, 0.05) is 17.7 Å². The van der Waals surface area contributed by atoms with Crippen LogP contribution in [0.4, 0.5) is 5.69 Å². The van der Waals surface area contributed by atoms with Crippen molar-refractivity contribution in [3.05, 3.63) is 99.5 Å². The van der Waals surface area contributed by atoms with E-state index in [0.29, 0.717) is 22.6 Å². The smallest absolute Gasteiger partial charge is 0.296 e. The third-order valence-electron chi connectivity index (χ3n) is 5.23. The van der Waals surface area contributed by atoms with E-state index < -0.39 is 22.7 Å². The van der Waals surface area contributed by atoms with Gasteiger partial charge in [0.1, 0.15) is 17.3 Å². The fourth-order valence-corrected chi connectivity index (χ4v) is 3.64. The van der Waals surface area contributed by atoms with Crippen LogP contribution < -0.4 is 4.74 Å². The first kappa shape index (κ1) is 20.9. The fourth-order valence-electron chi connectivity index (χ4n) is 3.64.